The van der Waals surface area contributed by atoms with Gasteiger partial charge in [-0.25, -0.2) is 4.39 Å². The van der Waals surface area contributed by atoms with Gasteiger partial charge >= 0.3 is 0 Å². The maximum absolute atomic E-state index is 14.3. The molecular weight excluding hydrogens is 239 g/mol. The minimum Gasteiger partial charge on any atom is -0.369 e. The van der Waals surface area contributed by atoms with Crippen molar-refractivity contribution in [2.45, 2.75) is 39.7 Å². The summed E-state index contributed by atoms with van der Waals surface area (Å²) in [6.45, 7) is 8.99. The highest BCUT2D eigenvalue weighted by Crippen LogP contribution is 2.32. The monoisotopic (exact) mass is 264 g/mol. The first-order valence-electron chi connectivity index (χ1n) is 7.43. The van der Waals surface area contributed by atoms with E-state index in [9.17, 15) is 4.39 Å². The molecule has 1 aromatic rings. The summed E-state index contributed by atoms with van der Waals surface area (Å²) < 4.78 is 14.3. The average Bonchev–Trinajstić information content (AvgIpc) is 3.20. The quantitative estimate of drug-likeness (QED) is 0.807. The third kappa shape index (κ3) is 3.69. The molecular formula is C16H25FN2. The molecule has 0 bridgehead atoms. The van der Waals surface area contributed by atoms with E-state index in [2.05, 4.69) is 31.0 Å². The van der Waals surface area contributed by atoms with Gasteiger partial charge in [-0.1, -0.05) is 13.0 Å². The number of nitrogens with zero attached hydrogens (tertiary/aromatic N) is 1. The van der Waals surface area contributed by atoms with E-state index in [-0.39, 0.29) is 11.9 Å². The fourth-order valence-corrected chi connectivity index (χ4v) is 2.48. The minimum atomic E-state index is -0.0928. The van der Waals surface area contributed by atoms with Gasteiger partial charge in [0.05, 0.1) is 5.69 Å². The molecule has 1 aliphatic rings. The van der Waals surface area contributed by atoms with E-state index in [4.69, 9.17) is 0 Å². The lowest BCUT2D eigenvalue weighted by Crippen LogP contribution is -2.26. The molecule has 1 saturated carbocycles. The van der Waals surface area contributed by atoms with Crippen molar-refractivity contribution in [3.8, 4) is 0 Å². The van der Waals surface area contributed by atoms with Crippen LogP contribution in [0.5, 0.6) is 0 Å². The second-order valence-electron chi connectivity index (χ2n) is 5.47. The normalized spacial score (nSPS) is 16.4. The van der Waals surface area contributed by atoms with Gasteiger partial charge in [0.25, 0.3) is 0 Å². The van der Waals surface area contributed by atoms with Gasteiger partial charge in [-0.15, -0.1) is 0 Å². The zero-order chi connectivity index (χ0) is 13.8. The van der Waals surface area contributed by atoms with Crippen molar-refractivity contribution in [2.75, 3.05) is 24.5 Å². The van der Waals surface area contributed by atoms with Gasteiger partial charge < -0.3 is 10.2 Å². The third-order valence-electron chi connectivity index (χ3n) is 3.88. The Morgan fingerprint density at radius 3 is 2.63 bits per heavy atom. The summed E-state index contributed by atoms with van der Waals surface area (Å²) in [5, 5.41) is 3.31. The van der Waals surface area contributed by atoms with Crippen molar-refractivity contribution in [1.29, 1.82) is 0 Å². The van der Waals surface area contributed by atoms with Crippen LogP contribution in [0.4, 0.5) is 10.1 Å². The molecule has 2 rings (SSSR count). The molecule has 0 radical (unpaired) electrons. The first kappa shape index (κ1) is 14.3. The lowest BCUT2D eigenvalue weighted by Gasteiger charge is -2.24. The average molecular weight is 264 g/mol. The molecule has 0 saturated heterocycles. The number of halogens is 1. The molecule has 0 amide bonds. The number of hydrogen-bond acceptors (Lipinski definition) is 2. The van der Waals surface area contributed by atoms with Crippen LogP contribution in [0.25, 0.3) is 0 Å². The summed E-state index contributed by atoms with van der Waals surface area (Å²) >= 11 is 0. The van der Waals surface area contributed by atoms with E-state index >= 15 is 0 Å². The molecule has 1 aromatic carbocycles. The molecule has 2 nitrogen and oxygen atoms in total. The van der Waals surface area contributed by atoms with Crippen LogP contribution in [0.1, 0.15) is 45.2 Å². The number of anilines is 1. The minimum absolute atomic E-state index is 0.0928. The highest BCUT2D eigenvalue weighted by molar-refractivity contribution is 5.49. The summed E-state index contributed by atoms with van der Waals surface area (Å²) in [4.78, 5) is 2.16. The highest BCUT2D eigenvalue weighted by atomic mass is 19.1. The standard InChI is InChI=1S/C16H25FN2/c1-4-18-12(3)14-8-9-16(15(17)10-14)19(5-2)11-13-6-7-13/h8-10,12-13,18H,4-7,11H2,1-3H3. The number of hydrogen-bond donors (Lipinski definition) is 1. The maximum atomic E-state index is 14.3. The van der Waals surface area contributed by atoms with E-state index in [0.29, 0.717) is 0 Å². The van der Waals surface area contributed by atoms with E-state index < -0.39 is 0 Å². The Kier molecular flexibility index (Phi) is 4.81. The lowest BCUT2D eigenvalue weighted by molar-refractivity contribution is 0.579. The Labute approximate surface area is 116 Å². The van der Waals surface area contributed by atoms with Gasteiger partial charge in [-0.05, 0) is 56.8 Å². The van der Waals surface area contributed by atoms with Crippen molar-refractivity contribution in [3.63, 3.8) is 0 Å². The van der Waals surface area contributed by atoms with E-state index in [1.807, 2.05) is 12.1 Å². The first-order chi connectivity index (χ1) is 9.15. The van der Waals surface area contributed by atoms with Gasteiger partial charge in [0.2, 0.25) is 0 Å². The van der Waals surface area contributed by atoms with Crippen LogP contribution in [0, 0.1) is 11.7 Å². The van der Waals surface area contributed by atoms with Gasteiger partial charge in [0, 0.05) is 19.1 Å². The lowest BCUT2D eigenvalue weighted by atomic mass is 10.1. The van der Waals surface area contributed by atoms with E-state index in [1.54, 1.807) is 6.07 Å². The second kappa shape index (κ2) is 6.38. The van der Waals surface area contributed by atoms with Crippen molar-refractivity contribution in [3.05, 3.63) is 29.6 Å². The Hall–Kier alpha value is -1.09. The topological polar surface area (TPSA) is 15.3 Å². The Balaban J connectivity index is 2.12. The zero-order valence-corrected chi connectivity index (χ0v) is 12.2. The Morgan fingerprint density at radius 1 is 1.37 bits per heavy atom. The van der Waals surface area contributed by atoms with Crippen LogP contribution in [0.3, 0.4) is 0 Å². The van der Waals surface area contributed by atoms with Crippen LogP contribution >= 0.6 is 0 Å². The number of benzene rings is 1. The molecule has 0 aromatic heterocycles. The molecule has 3 heteroatoms. The molecule has 19 heavy (non-hydrogen) atoms. The third-order valence-corrected chi connectivity index (χ3v) is 3.88. The highest BCUT2D eigenvalue weighted by Gasteiger charge is 2.25. The SMILES string of the molecule is CCNC(C)c1ccc(N(CC)CC2CC2)c(F)c1. The van der Waals surface area contributed by atoms with E-state index in [0.717, 1.165) is 36.8 Å². The van der Waals surface area contributed by atoms with Crippen LogP contribution in [-0.2, 0) is 0 Å². The van der Waals surface area contributed by atoms with Crippen molar-refractivity contribution in [2.24, 2.45) is 5.92 Å². The molecule has 0 aliphatic heterocycles. The van der Waals surface area contributed by atoms with Gasteiger partial charge in [0.1, 0.15) is 5.82 Å². The molecule has 1 fully saturated rings. The Morgan fingerprint density at radius 2 is 2.11 bits per heavy atom. The van der Waals surface area contributed by atoms with Crippen molar-refractivity contribution < 1.29 is 4.39 Å². The molecule has 0 heterocycles. The first-order valence-corrected chi connectivity index (χ1v) is 7.43. The number of rotatable bonds is 7. The molecule has 106 valence electrons. The Bertz CT molecular complexity index is 415. The molecule has 1 atom stereocenters. The molecule has 1 aliphatic carbocycles. The second-order valence-corrected chi connectivity index (χ2v) is 5.47. The van der Waals surface area contributed by atoms with Crippen LogP contribution < -0.4 is 10.2 Å². The summed E-state index contributed by atoms with van der Waals surface area (Å²) in [6.07, 6.45) is 2.60. The fraction of sp³-hybridized carbons (Fsp3) is 0.625. The van der Waals surface area contributed by atoms with Gasteiger partial charge in [-0.3, -0.25) is 0 Å². The summed E-state index contributed by atoms with van der Waals surface area (Å²) in [5.74, 6) is 0.685. The van der Waals surface area contributed by atoms with Crippen molar-refractivity contribution in [1.82, 2.24) is 5.32 Å². The van der Waals surface area contributed by atoms with Crippen LogP contribution in [-0.4, -0.2) is 19.6 Å². The maximum Gasteiger partial charge on any atom is 0.146 e. The summed E-state index contributed by atoms with van der Waals surface area (Å²) in [5.41, 5.74) is 1.77. The fourth-order valence-electron chi connectivity index (χ4n) is 2.48. The smallest absolute Gasteiger partial charge is 0.146 e. The molecule has 1 N–H and O–H groups in total. The van der Waals surface area contributed by atoms with Crippen LogP contribution in [0.15, 0.2) is 18.2 Å². The zero-order valence-electron chi connectivity index (χ0n) is 12.2. The van der Waals surface area contributed by atoms with E-state index in [1.165, 1.54) is 12.8 Å². The molecule has 0 spiro atoms. The van der Waals surface area contributed by atoms with Gasteiger partial charge in [-0.2, -0.15) is 0 Å². The summed E-state index contributed by atoms with van der Waals surface area (Å²) in [6, 6.07) is 5.86. The summed E-state index contributed by atoms with van der Waals surface area (Å²) in [7, 11) is 0. The number of nitrogens with one attached hydrogen (secondary N) is 1. The predicted molar refractivity (Wildman–Crippen MR) is 79.1 cm³/mol. The van der Waals surface area contributed by atoms with Gasteiger partial charge in [0.15, 0.2) is 0 Å². The van der Waals surface area contributed by atoms with Crippen LogP contribution in [0.2, 0.25) is 0 Å². The molecule has 1 unspecified atom stereocenters. The largest absolute Gasteiger partial charge is 0.369 e. The predicted octanol–water partition coefficient (Wildman–Crippen LogP) is 3.73. The van der Waals surface area contributed by atoms with Crippen molar-refractivity contribution >= 4 is 5.69 Å².